The van der Waals surface area contributed by atoms with E-state index >= 15 is 0 Å². The summed E-state index contributed by atoms with van der Waals surface area (Å²) < 4.78 is 29.0. The van der Waals surface area contributed by atoms with Gasteiger partial charge in [0.2, 0.25) is 0 Å². The third-order valence-electron chi connectivity index (χ3n) is 2.96. The van der Waals surface area contributed by atoms with Crippen LogP contribution in [0.15, 0.2) is 24.3 Å². The van der Waals surface area contributed by atoms with Gasteiger partial charge in [-0.05, 0) is 31.2 Å². The third-order valence-corrected chi connectivity index (χ3v) is 2.96. The van der Waals surface area contributed by atoms with Gasteiger partial charge in [0.25, 0.3) is 0 Å². The Kier molecular flexibility index (Phi) is 4.34. The molecule has 2 aromatic rings. The van der Waals surface area contributed by atoms with E-state index in [1.54, 1.807) is 6.07 Å². The van der Waals surface area contributed by atoms with E-state index in [0.29, 0.717) is 17.4 Å². The SMILES string of the molecule is Cc1cc(N(C)CCO)c2cc(OC(F)F)ccc2n1. The second kappa shape index (κ2) is 6.00. The Hall–Kier alpha value is -1.95. The van der Waals surface area contributed by atoms with Gasteiger partial charge in [0.15, 0.2) is 0 Å². The third kappa shape index (κ3) is 3.14. The number of benzene rings is 1. The summed E-state index contributed by atoms with van der Waals surface area (Å²) in [5, 5.41) is 9.74. The lowest BCUT2D eigenvalue weighted by atomic mass is 10.1. The standard InChI is InChI=1S/C14H16F2N2O2/c1-9-7-13(18(2)5-6-19)11-8-10(20-14(15)16)3-4-12(11)17-9/h3-4,7-8,14,19H,5-6H2,1-2H3. The van der Waals surface area contributed by atoms with Crippen molar-refractivity contribution in [2.75, 3.05) is 25.1 Å². The highest BCUT2D eigenvalue weighted by atomic mass is 19.3. The number of aliphatic hydroxyl groups is 1. The lowest BCUT2D eigenvalue weighted by Crippen LogP contribution is -2.21. The first-order chi connectivity index (χ1) is 9.51. The molecule has 4 nitrogen and oxygen atoms in total. The minimum atomic E-state index is -2.86. The number of halogens is 2. The molecule has 0 aliphatic rings. The van der Waals surface area contributed by atoms with Crippen LogP contribution >= 0.6 is 0 Å². The van der Waals surface area contributed by atoms with E-state index in [4.69, 9.17) is 5.11 Å². The van der Waals surface area contributed by atoms with Crippen LogP contribution in [0, 0.1) is 6.92 Å². The van der Waals surface area contributed by atoms with E-state index in [1.165, 1.54) is 12.1 Å². The first-order valence-corrected chi connectivity index (χ1v) is 6.19. The number of aromatic nitrogens is 1. The maximum Gasteiger partial charge on any atom is 0.387 e. The molecule has 0 unspecified atom stereocenters. The number of likely N-dealkylation sites (N-methyl/N-ethyl adjacent to an activating group) is 1. The highest BCUT2D eigenvalue weighted by molar-refractivity contribution is 5.93. The summed E-state index contributed by atoms with van der Waals surface area (Å²) in [6.45, 7) is -0.547. The number of pyridine rings is 1. The molecule has 20 heavy (non-hydrogen) atoms. The van der Waals surface area contributed by atoms with Crippen LogP contribution in [0.3, 0.4) is 0 Å². The molecule has 1 heterocycles. The Balaban J connectivity index is 2.53. The number of anilines is 1. The number of fused-ring (bicyclic) bond motifs is 1. The monoisotopic (exact) mass is 282 g/mol. The van der Waals surface area contributed by atoms with Gasteiger partial charge in [-0.2, -0.15) is 8.78 Å². The van der Waals surface area contributed by atoms with Gasteiger partial charge in [-0.15, -0.1) is 0 Å². The van der Waals surface area contributed by atoms with Crippen LogP contribution in [-0.4, -0.2) is 36.9 Å². The fourth-order valence-electron chi connectivity index (χ4n) is 2.08. The van der Waals surface area contributed by atoms with Crippen LogP contribution in [0.4, 0.5) is 14.5 Å². The zero-order valence-corrected chi connectivity index (χ0v) is 11.3. The minimum absolute atomic E-state index is 0.00654. The van der Waals surface area contributed by atoms with Gasteiger partial charge in [0, 0.05) is 30.4 Å². The van der Waals surface area contributed by atoms with Crippen molar-refractivity contribution >= 4 is 16.6 Å². The van der Waals surface area contributed by atoms with Gasteiger partial charge in [-0.3, -0.25) is 4.98 Å². The van der Waals surface area contributed by atoms with E-state index in [0.717, 1.165) is 11.4 Å². The fourth-order valence-corrected chi connectivity index (χ4v) is 2.08. The van der Waals surface area contributed by atoms with Gasteiger partial charge in [-0.25, -0.2) is 0 Å². The number of hydrogen-bond acceptors (Lipinski definition) is 4. The van der Waals surface area contributed by atoms with Gasteiger partial charge in [0.1, 0.15) is 5.75 Å². The molecular weight excluding hydrogens is 266 g/mol. The maximum absolute atomic E-state index is 12.3. The highest BCUT2D eigenvalue weighted by Gasteiger charge is 2.11. The molecule has 0 saturated heterocycles. The van der Waals surface area contributed by atoms with E-state index < -0.39 is 6.61 Å². The van der Waals surface area contributed by atoms with Crippen molar-refractivity contribution in [2.45, 2.75) is 13.5 Å². The first kappa shape index (κ1) is 14.5. The quantitative estimate of drug-likeness (QED) is 0.915. The Morgan fingerprint density at radius 3 is 2.75 bits per heavy atom. The van der Waals surface area contributed by atoms with Crippen molar-refractivity contribution in [1.29, 1.82) is 0 Å². The molecule has 0 bridgehead atoms. The number of rotatable bonds is 5. The van der Waals surface area contributed by atoms with Crippen molar-refractivity contribution in [2.24, 2.45) is 0 Å². The first-order valence-electron chi connectivity index (χ1n) is 6.19. The Labute approximate surface area is 115 Å². The maximum atomic E-state index is 12.3. The summed E-state index contributed by atoms with van der Waals surface area (Å²) in [6.07, 6.45) is 0. The van der Waals surface area contributed by atoms with E-state index in [-0.39, 0.29) is 12.4 Å². The van der Waals surface area contributed by atoms with Crippen LogP contribution in [-0.2, 0) is 0 Å². The normalized spacial score (nSPS) is 11.1. The Morgan fingerprint density at radius 1 is 1.35 bits per heavy atom. The van der Waals surface area contributed by atoms with Gasteiger partial charge >= 0.3 is 6.61 Å². The molecule has 0 fully saturated rings. The molecule has 1 N–H and O–H groups in total. The second-order valence-corrected chi connectivity index (χ2v) is 4.49. The molecule has 2 rings (SSSR count). The second-order valence-electron chi connectivity index (χ2n) is 4.49. The van der Waals surface area contributed by atoms with E-state index in [2.05, 4.69) is 9.72 Å². The predicted octanol–water partition coefficient (Wildman–Crippen LogP) is 2.57. The van der Waals surface area contributed by atoms with Crippen molar-refractivity contribution in [3.63, 3.8) is 0 Å². The molecule has 0 amide bonds. The van der Waals surface area contributed by atoms with Crippen LogP contribution in [0.5, 0.6) is 5.75 Å². The number of aliphatic hydroxyl groups excluding tert-OH is 1. The van der Waals surface area contributed by atoms with Crippen molar-refractivity contribution in [3.05, 3.63) is 30.0 Å². The number of ether oxygens (including phenoxy) is 1. The highest BCUT2D eigenvalue weighted by Crippen LogP contribution is 2.29. The van der Waals surface area contributed by atoms with Crippen LogP contribution < -0.4 is 9.64 Å². The molecule has 1 aromatic carbocycles. The van der Waals surface area contributed by atoms with E-state index in [1.807, 2.05) is 24.9 Å². The van der Waals surface area contributed by atoms with E-state index in [9.17, 15) is 8.78 Å². The Bertz CT molecular complexity index is 605. The molecule has 1 aromatic heterocycles. The zero-order valence-electron chi connectivity index (χ0n) is 11.3. The number of aryl methyl sites for hydroxylation is 1. The van der Waals surface area contributed by atoms with Crippen LogP contribution in [0.25, 0.3) is 10.9 Å². The summed E-state index contributed by atoms with van der Waals surface area (Å²) >= 11 is 0. The van der Waals surface area contributed by atoms with Crippen molar-refractivity contribution in [3.8, 4) is 5.75 Å². The van der Waals surface area contributed by atoms with Crippen LogP contribution in [0.1, 0.15) is 5.69 Å². The summed E-state index contributed by atoms with van der Waals surface area (Å²) in [6, 6.07) is 6.51. The minimum Gasteiger partial charge on any atom is -0.435 e. The lowest BCUT2D eigenvalue weighted by Gasteiger charge is -2.20. The molecule has 0 spiro atoms. The number of nitrogens with zero attached hydrogens (tertiary/aromatic N) is 2. The smallest absolute Gasteiger partial charge is 0.387 e. The van der Waals surface area contributed by atoms with Crippen LogP contribution in [0.2, 0.25) is 0 Å². The average Bonchev–Trinajstić information content (AvgIpc) is 2.37. The Morgan fingerprint density at radius 2 is 2.10 bits per heavy atom. The van der Waals surface area contributed by atoms with Gasteiger partial charge in [-0.1, -0.05) is 0 Å². The fraction of sp³-hybridized carbons (Fsp3) is 0.357. The van der Waals surface area contributed by atoms with Crippen molar-refractivity contribution < 1.29 is 18.6 Å². The molecule has 108 valence electrons. The molecule has 0 atom stereocenters. The predicted molar refractivity (Wildman–Crippen MR) is 73.5 cm³/mol. The summed E-state index contributed by atoms with van der Waals surface area (Å²) in [7, 11) is 1.82. The van der Waals surface area contributed by atoms with Gasteiger partial charge < -0.3 is 14.7 Å². The summed E-state index contributed by atoms with van der Waals surface area (Å²) in [5.41, 5.74) is 2.34. The summed E-state index contributed by atoms with van der Waals surface area (Å²) in [5.74, 6) is 0.0943. The molecule has 0 radical (unpaired) electrons. The topological polar surface area (TPSA) is 45.6 Å². The largest absolute Gasteiger partial charge is 0.435 e. The molecule has 6 heteroatoms. The summed E-state index contributed by atoms with van der Waals surface area (Å²) in [4.78, 5) is 6.22. The lowest BCUT2D eigenvalue weighted by molar-refractivity contribution is -0.0497. The zero-order chi connectivity index (χ0) is 14.7. The van der Waals surface area contributed by atoms with Crippen molar-refractivity contribution in [1.82, 2.24) is 4.98 Å². The molecule has 0 saturated carbocycles. The molecule has 0 aliphatic heterocycles. The molecular formula is C14H16F2N2O2. The average molecular weight is 282 g/mol. The van der Waals surface area contributed by atoms with Gasteiger partial charge in [0.05, 0.1) is 12.1 Å². The number of hydrogen-bond donors (Lipinski definition) is 1. The number of alkyl halides is 2. The molecule has 0 aliphatic carbocycles.